The number of ether oxygens (including phenoxy) is 1. The van der Waals surface area contributed by atoms with Crippen LogP contribution < -0.4 is 4.74 Å². The van der Waals surface area contributed by atoms with E-state index in [0.717, 1.165) is 11.1 Å². The molecule has 0 atom stereocenters. The number of hydrogen-bond donors (Lipinski definition) is 0. The minimum atomic E-state index is 0.238. The van der Waals surface area contributed by atoms with Gasteiger partial charge in [-0.15, -0.1) is 11.0 Å². The van der Waals surface area contributed by atoms with Gasteiger partial charge in [-0.3, -0.25) is 4.68 Å². The Kier molecular flexibility index (Phi) is 4.33. The van der Waals surface area contributed by atoms with E-state index in [2.05, 4.69) is 21.9 Å². The third-order valence-electron chi connectivity index (χ3n) is 2.63. The molecule has 0 N–H and O–H groups in total. The van der Waals surface area contributed by atoms with Gasteiger partial charge in [0.15, 0.2) is 0 Å². The highest BCUT2D eigenvalue weighted by atomic mass is 16.5. The molecule has 2 rings (SSSR count). The second kappa shape index (κ2) is 6.37. The lowest BCUT2D eigenvalue weighted by Gasteiger charge is -2.08. The van der Waals surface area contributed by atoms with Crippen LogP contribution in [0.25, 0.3) is 0 Å². The maximum Gasteiger partial charge on any atom is 0.240 e. The smallest absolute Gasteiger partial charge is 0.240 e. The number of hydrogen-bond acceptors (Lipinski definition) is 4. The van der Waals surface area contributed by atoms with Crippen molar-refractivity contribution >= 4 is 11.8 Å². The van der Waals surface area contributed by atoms with Crippen molar-refractivity contribution in [2.45, 2.75) is 13.5 Å². The Hall–Kier alpha value is -2.83. The quantitative estimate of drug-likeness (QED) is 0.485. The fourth-order valence-corrected chi connectivity index (χ4v) is 1.75. The van der Waals surface area contributed by atoms with Gasteiger partial charge in [0.25, 0.3) is 0 Å². The molecule has 0 spiro atoms. The number of benzene rings is 1. The molecule has 0 amide bonds. The van der Waals surface area contributed by atoms with Gasteiger partial charge in [-0.25, -0.2) is 4.79 Å². The first-order chi connectivity index (χ1) is 9.74. The molecule has 0 aliphatic rings. The molecule has 0 saturated heterocycles. The van der Waals surface area contributed by atoms with Crippen molar-refractivity contribution in [1.82, 2.24) is 9.78 Å². The summed E-state index contributed by atoms with van der Waals surface area (Å²) in [6.07, 6.45) is 3.34. The Morgan fingerprint density at radius 2 is 2.25 bits per heavy atom. The predicted molar refractivity (Wildman–Crippen MR) is 74.3 cm³/mol. The maximum atomic E-state index is 10.5. The van der Waals surface area contributed by atoms with Gasteiger partial charge >= 0.3 is 0 Å². The summed E-state index contributed by atoms with van der Waals surface area (Å²) in [7, 11) is 1.81. The molecular weight excluding hydrogens is 254 g/mol. The molecule has 1 aromatic carbocycles. The van der Waals surface area contributed by atoms with Crippen LogP contribution in [0.2, 0.25) is 0 Å². The number of isocyanates is 1. The molecule has 0 bridgehead atoms. The van der Waals surface area contributed by atoms with Crippen LogP contribution in [0, 0.1) is 11.8 Å². The highest BCUT2D eigenvalue weighted by molar-refractivity contribution is 5.59. The standard InChI is InChI=1S/C15H13N3O2/c1-3-5-12-6-4-7-14(16-11-19)13(12)10-20-15-8-9-18(2)17-15/h4,6-9H,10H2,1-2H3. The fourth-order valence-electron chi connectivity index (χ4n) is 1.75. The number of nitrogens with zero attached hydrogens (tertiary/aromatic N) is 3. The second-order valence-electron chi connectivity index (χ2n) is 4.00. The molecule has 0 unspecified atom stereocenters. The highest BCUT2D eigenvalue weighted by Crippen LogP contribution is 2.23. The molecule has 20 heavy (non-hydrogen) atoms. The summed E-state index contributed by atoms with van der Waals surface area (Å²) >= 11 is 0. The number of carbonyl (C=O) groups excluding carboxylic acids is 1. The SMILES string of the molecule is CC#Cc1cccc(N=C=O)c1COc1ccn(C)n1. The number of rotatable bonds is 4. The van der Waals surface area contributed by atoms with Crippen LogP contribution in [0.4, 0.5) is 5.69 Å². The van der Waals surface area contributed by atoms with E-state index in [1.807, 2.05) is 13.1 Å². The molecule has 0 aliphatic heterocycles. The number of aromatic nitrogens is 2. The van der Waals surface area contributed by atoms with Crippen LogP contribution in [0.1, 0.15) is 18.1 Å². The van der Waals surface area contributed by atoms with Crippen molar-refractivity contribution in [2.75, 3.05) is 0 Å². The zero-order chi connectivity index (χ0) is 14.4. The van der Waals surface area contributed by atoms with E-state index in [1.54, 1.807) is 42.1 Å². The summed E-state index contributed by atoms with van der Waals surface area (Å²) < 4.78 is 7.25. The van der Waals surface area contributed by atoms with Crippen LogP contribution in [0.3, 0.4) is 0 Å². The average molecular weight is 267 g/mol. The number of aliphatic imine (C=N–C) groups is 1. The molecule has 1 heterocycles. The van der Waals surface area contributed by atoms with E-state index in [-0.39, 0.29) is 6.61 Å². The molecule has 0 saturated carbocycles. The zero-order valence-electron chi connectivity index (χ0n) is 11.3. The minimum Gasteiger partial charge on any atom is -0.472 e. The molecule has 0 fully saturated rings. The van der Waals surface area contributed by atoms with Gasteiger partial charge < -0.3 is 4.74 Å². The molecular formula is C15H13N3O2. The van der Waals surface area contributed by atoms with E-state index in [9.17, 15) is 4.79 Å². The number of aryl methyl sites for hydroxylation is 1. The predicted octanol–water partition coefficient (Wildman–Crippen LogP) is 2.34. The van der Waals surface area contributed by atoms with E-state index < -0.39 is 0 Å². The molecule has 100 valence electrons. The Morgan fingerprint density at radius 3 is 2.90 bits per heavy atom. The lowest BCUT2D eigenvalue weighted by atomic mass is 10.1. The van der Waals surface area contributed by atoms with Crippen LogP contribution in [-0.2, 0) is 18.4 Å². The first-order valence-electron chi connectivity index (χ1n) is 5.99. The summed E-state index contributed by atoms with van der Waals surface area (Å²) in [5.41, 5.74) is 2.03. The maximum absolute atomic E-state index is 10.5. The van der Waals surface area contributed by atoms with Crippen molar-refractivity contribution in [1.29, 1.82) is 0 Å². The van der Waals surface area contributed by atoms with Gasteiger partial charge in [0.1, 0.15) is 6.61 Å². The molecule has 5 nitrogen and oxygen atoms in total. The zero-order valence-corrected chi connectivity index (χ0v) is 11.3. The van der Waals surface area contributed by atoms with Crippen LogP contribution in [0.15, 0.2) is 35.5 Å². The first kappa shape index (κ1) is 13.6. The van der Waals surface area contributed by atoms with E-state index in [1.165, 1.54) is 0 Å². The van der Waals surface area contributed by atoms with Crippen molar-refractivity contribution < 1.29 is 9.53 Å². The fraction of sp³-hybridized carbons (Fsp3) is 0.200. The van der Waals surface area contributed by atoms with Gasteiger partial charge in [-0.1, -0.05) is 12.0 Å². The molecule has 1 aromatic heterocycles. The van der Waals surface area contributed by atoms with Gasteiger partial charge in [0, 0.05) is 30.4 Å². The summed E-state index contributed by atoms with van der Waals surface area (Å²) in [6, 6.07) is 7.14. The van der Waals surface area contributed by atoms with Crippen LogP contribution >= 0.6 is 0 Å². The first-order valence-corrected chi connectivity index (χ1v) is 5.99. The Morgan fingerprint density at radius 1 is 1.40 bits per heavy atom. The highest BCUT2D eigenvalue weighted by Gasteiger charge is 2.08. The van der Waals surface area contributed by atoms with Crippen molar-refractivity contribution in [2.24, 2.45) is 12.0 Å². The van der Waals surface area contributed by atoms with Crippen LogP contribution in [0.5, 0.6) is 5.88 Å². The molecule has 5 heteroatoms. The Labute approximate surface area is 116 Å². The van der Waals surface area contributed by atoms with E-state index in [4.69, 9.17) is 4.74 Å². The third kappa shape index (κ3) is 3.14. The normalized spacial score (nSPS) is 9.30. The van der Waals surface area contributed by atoms with E-state index in [0.29, 0.717) is 11.6 Å². The van der Waals surface area contributed by atoms with Crippen LogP contribution in [-0.4, -0.2) is 15.9 Å². The molecule has 0 radical (unpaired) electrons. The molecule has 0 aliphatic carbocycles. The van der Waals surface area contributed by atoms with E-state index >= 15 is 0 Å². The summed E-state index contributed by atoms with van der Waals surface area (Å²) in [5, 5.41) is 4.13. The lowest BCUT2D eigenvalue weighted by Crippen LogP contribution is -2.00. The topological polar surface area (TPSA) is 56.5 Å². The summed E-state index contributed by atoms with van der Waals surface area (Å²) in [6.45, 7) is 1.99. The summed E-state index contributed by atoms with van der Waals surface area (Å²) in [4.78, 5) is 14.2. The monoisotopic (exact) mass is 267 g/mol. The van der Waals surface area contributed by atoms with Gasteiger partial charge in [-0.2, -0.15) is 4.99 Å². The van der Waals surface area contributed by atoms with Crippen molar-refractivity contribution in [3.05, 3.63) is 41.6 Å². The van der Waals surface area contributed by atoms with Crippen molar-refractivity contribution in [3.8, 4) is 17.7 Å². The molecule has 2 aromatic rings. The summed E-state index contributed by atoms with van der Waals surface area (Å²) in [5.74, 6) is 6.31. The second-order valence-corrected chi connectivity index (χ2v) is 4.00. The van der Waals surface area contributed by atoms with Gasteiger partial charge in [-0.05, 0) is 19.1 Å². The third-order valence-corrected chi connectivity index (χ3v) is 2.63. The van der Waals surface area contributed by atoms with Gasteiger partial charge in [0.05, 0.1) is 5.69 Å². The lowest BCUT2D eigenvalue weighted by molar-refractivity contribution is 0.291. The minimum absolute atomic E-state index is 0.238. The Balaban J connectivity index is 2.31. The van der Waals surface area contributed by atoms with Gasteiger partial charge in [0.2, 0.25) is 12.0 Å². The average Bonchev–Trinajstić information content (AvgIpc) is 2.84. The van der Waals surface area contributed by atoms with Crippen molar-refractivity contribution in [3.63, 3.8) is 0 Å². The Bertz CT molecular complexity index is 716. The largest absolute Gasteiger partial charge is 0.472 e.